The van der Waals surface area contributed by atoms with Crippen molar-refractivity contribution in [3.05, 3.63) is 47.4 Å². The molecule has 16 heavy (non-hydrogen) atoms. The molecule has 0 aliphatic heterocycles. The molecule has 1 heterocycles. The van der Waals surface area contributed by atoms with Gasteiger partial charge in [0.15, 0.2) is 0 Å². The van der Waals surface area contributed by atoms with Crippen LogP contribution in [0.15, 0.2) is 42.5 Å². The number of aliphatic hydroxyl groups excluding tert-OH is 1. The molecular weight excluding hydrogens is 216 g/mol. The van der Waals surface area contributed by atoms with Crippen LogP contribution < -0.4 is 0 Å². The average molecular weight is 232 g/mol. The Morgan fingerprint density at radius 1 is 1.44 bits per heavy atom. The van der Waals surface area contributed by atoms with E-state index < -0.39 is 0 Å². The summed E-state index contributed by atoms with van der Waals surface area (Å²) in [5.41, 5.74) is 1.13. The minimum Gasteiger partial charge on any atom is -0.388 e. The smallest absolute Gasteiger partial charge is 0.0885 e. The van der Waals surface area contributed by atoms with E-state index >= 15 is 0 Å². The summed E-state index contributed by atoms with van der Waals surface area (Å²) in [6.07, 6.45) is 1.30. The molecule has 1 atom stereocenters. The summed E-state index contributed by atoms with van der Waals surface area (Å²) in [5.74, 6) is 0. The predicted octanol–water partition coefficient (Wildman–Crippen LogP) is 4.29. The first-order valence-corrected chi connectivity index (χ1v) is 6.29. The van der Waals surface area contributed by atoms with Crippen LogP contribution in [0, 0.1) is 0 Å². The quantitative estimate of drug-likeness (QED) is 0.780. The summed E-state index contributed by atoms with van der Waals surface area (Å²) in [6.45, 7) is 5.85. The summed E-state index contributed by atoms with van der Waals surface area (Å²) in [6, 6.07) is 10.3. The zero-order valence-electron chi connectivity index (χ0n) is 9.44. The Balaban J connectivity index is 2.16. The van der Waals surface area contributed by atoms with Crippen LogP contribution in [0.2, 0.25) is 0 Å². The number of thiophene rings is 1. The van der Waals surface area contributed by atoms with E-state index in [-0.39, 0.29) is 6.10 Å². The summed E-state index contributed by atoms with van der Waals surface area (Å²) < 4.78 is 1.24. The van der Waals surface area contributed by atoms with Gasteiger partial charge in [-0.25, -0.2) is 0 Å². The van der Waals surface area contributed by atoms with Gasteiger partial charge in [0.2, 0.25) is 0 Å². The maximum Gasteiger partial charge on any atom is 0.0885 e. The predicted molar refractivity (Wildman–Crippen MR) is 70.8 cm³/mol. The van der Waals surface area contributed by atoms with E-state index in [0.29, 0.717) is 0 Å². The molecule has 0 aliphatic carbocycles. The molecule has 0 spiro atoms. The molecule has 1 N–H and O–H groups in total. The molecule has 2 heteroatoms. The summed E-state index contributed by atoms with van der Waals surface area (Å²) >= 11 is 1.68. The zero-order valence-corrected chi connectivity index (χ0v) is 10.3. The third-order valence-electron chi connectivity index (χ3n) is 2.62. The molecule has 1 nitrogen and oxygen atoms in total. The van der Waals surface area contributed by atoms with Crippen LogP contribution in [0.1, 0.15) is 30.7 Å². The Hall–Kier alpha value is -1.12. The molecule has 1 aromatic heterocycles. The van der Waals surface area contributed by atoms with E-state index in [4.69, 9.17) is 0 Å². The molecule has 0 radical (unpaired) electrons. The van der Waals surface area contributed by atoms with Crippen LogP contribution in [-0.2, 0) is 0 Å². The largest absolute Gasteiger partial charge is 0.388 e. The molecule has 0 saturated heterocycles. The minimum absolute atomic E-state index is 0.353. The SMILES string of the molecule is C=C(C)CCC(O)c1cc2ccccc2s1. The number of benzene rings is 1. The second kappa shape index (κ2) is 4.81. The highest BCUT2D eigenvalue weighted by Gasteiger charge is 2.10. The fourth-order valence-electron chi connectivity index (χ4n) is 1.69. The molecule has 0 amide bonds. The van der Waals surface area contributed by atoms with Gasteiger partial charge in [-0.3, -0.25) is 0 Å². The van der Waals surface area contributed by atoms with Crippen molar-refractivity contribution in [2.45, 2.75) is 25.9 Å². The van der Waals surface area contributed by atoms with Crippen molar-refractivity contribution in [1.29, 1.82) is 0 Å². The van der Waals surface area contributed by atoms with Crippen molar-refractivity contribution in [2.75, 3.05) is 0 Å². The van der Waals surface area contributed by atoms with Crippen LogP contribution in [0.3, 0.4) is 0 Å². The first kappa shape index (κ1) is 11.4. The molecule has 2 rings (SSSR count). The van der Waals surface area contributed by atoms with Crippen LogP contribution in [0.25, 0.3) is 10.1 Å². The van der Waals surface area contributed by atoms with Crippen LogP contribution >= 0.6 is 11.3 Å². The van der Waals surface area contributed by atoms with Gasteiger partial charge in [0.25, 0.3) is 0 Å². The highest BCUT2D eigenvalue weighted by Crippen LogP contribution is 2.32. The highest BCUT2D eigenvalue weighted by atomic mass is 32.1. The van der Waals surface area contributed by atoms with Gasteiger partial charge in [0.05, 0.1) is 6.10 Å². The van der Waals surface area contributed by atoms with E-state index in [1.165, 1.54) is 10.1 Å². The van der Waals surface area contributed by atoms with Crippen molar-refractivity contribution in [1.82, 2.24) is 0 Å². The Morgan fingerprint density at radius 3 is 2.88 bits per heavy atom. The molecule has 0 fully saturated rings. The first-order valence-electron chi connectivity index (χ1n) is 5.48. The number of hydrogen-bond acceptors (Lipinski definition) is 2. The summed E-state index contributed by atoms with van der Waals surface area (Å²) in [7, 11) is 0. The first-order chi connectivity index (χ1) is 7.66. The van der Waals surface area contributed by atoms with Crippen LogP contribution in [0.4, 0.5) is 0 Å². The Morgan fingerprint density at radius 2 is 2.19 bits per heavy atom. The van der Waals surface area contributed by atoms with Gasteiger partial charge in [-0.05, 0) is 37.3 Å². The second-order valence-electron chi connectivity index (χ2n) is 4.20. The van der Waals surface area contributed by atoms with Gasteiger partial charge < -0.3 is 5.11 Å². The molecule has 1 aromatic carbocycles. The van der Waals surface area contributed by atoms with Crippen molar-refractivity contribution >= 4 is 21.4 Å². The number of hydrogen-bond donors (Lipinski definition) is 1. The lowest BCUT2D eigenvalue weighted by Gasteiger charge is -2.07. The van der Waals surface area contributed by atoms with Crippen LogP contribution in [0.5, 0.6) is 0 Å². The minimum atomic E-state index is -0.353. The third-order valence-corrected chi connectivity index (χ3v) is 3.83. The van der Waals surface area contributed by atoms with E-state index in [0.717, 1.165) is 23.3 Å². The molecule has 1 unspecified atom stereocenters. The summed E-state index contributed by atoms with van der Waals surface area (Å²) in [5, 5.41) is 11.3. The van der Waals surface area contributed by atoms with E-state index in [1.807, 2.05) is 19.1 Å². The molecule has 84 valence electrons. The molecule has 2 aromatic rings. The number of allylic oxidation sites excluding steroid dienone is 1. The fourth-order valence-corrected chi connectivity index (χ4v) is 2.78. The normalized spacial score (nSPS) is 12.9. The number of fused-ring (bicyclic) bond motifs is 1. The van der Waals surface area contributed by atoms with E-state index in [1.54, 1.807) is 11.3 Å². The van der Waals surface area contributed by atoms with E-state index in [2.05, 4.69) is 24.8 Å². The van der Waals surface area contributed by atoms with Gasteiger partial charge in [-0.1, -0.05) is 23.8 Å². The van der Waals surface area contributed by atoms with Crippen molar-refractivity contribution in [2.24, 2.45) is 0 Å². The highest BCUT2D eigenvalue weighted by molar-refractivity contribution is 7.19. The van der Waals surface area contributed by atoms with Gasteiger partial charge in [0, 0.05) is 9.58 Å². The Labute approximate surface area is 100 Å². The van der Waals surface area contributed by atoms with Gasteiger partial charge >= 0.3 is 0 Å². The molecular formula is C14H16OS. The van der Waals surface area contributed by atoms with E-state index in [9.17, 15) is 5.11 Å². The maximum absolute atomic E-state index is 10.0. The second-order valence-corrected chi connectivity index (χ2v) is 5.31. The Kier molecular flexibility index (Phi) is 3.42. The van der Waals surface area contributed by atoms with Crippen molar-refractivity contribution in [3.63, 3.8) is 0 Å². The summed E-state index contributed by atoms with van der Waals surface area (Å²) in [4.78, 5) is 1.06. The van der Waals surface area contributed by atoms with Gasteiger partial charge in [-0.15, -0.1) is 17.9 Å². The number of rotatable bonds is 4. The molecule has 0 aliphatic rings. The molecule has 0 saturated carbocycles. The standard InChI is InChI=1S/C14H16OS/c1-10(2)7-8-12(15)14-9-11-5-3-4-6-13(11)16-14/h3-6,9,12,15H,1,7-8H2,2H3. The van der Waals surface area contributed by atoms with Gasteiger partial charge in [0.1, 0.15) is 0 Å². The zero-order chi connectivity index (χ0) is 11.5. The Bertz CT molecular complexity index is 465. The lowest BCUT2D eigenvalue weighted by Crippen LogP contribution is -1.94. The number of aliphatic hydroxyl groups is 1. The monoisotopic (exact) mass is 232 g/mol. The average Bonchev–Trinajstić information content (AvgIpc) is 2.69. The van der Waals surface area contributed by atoms with Crippen molar-refractivity contribution < 1.29 is 5.11 Å². The maximum atomic E-state index is 10.0. The lowest BCUT2D eigenvalue weighted by molar-refractivity contribution is 0.171. The van der Waals surface area contributed by atoms with Crippen molar-refractivity contribution in [3.8, 4) is 0 Å². The fraction of sp³-hybridized carbons (Fsp3) is 0.286. The molecule has 0 bridgehead atoms. The van der Waals surface area contributed by atoms with Crippen LogP contribution in [-0.4, -0.2) is 5.11 Å². The third kappa shape index (κ3) is 2.52. The van der Waals surface area contributed by atoms with Gasteiger partial charge in [-0.2, -0.15) is 0 Å². The topological polar surface area (TPSA) is 20.2 Å². The lowest BCUT2D eigenvalue weighted by atomic mass is 10.1.